The second kappa shape index (κ2) is 9.85. The number of benzene rings is 3. The van der Waals surface area contributed by atoms with Crippen molar-refractivity contribution >= 4 is 50.8 Å². The number of anilines is 2. The van der Waals surface area contributed by atoms with Crippen LogP contribution in [0.1, 0.15) is 13.3 Å². The molecule has 1 aliphatic heterocycles. The number of carbonyl (C=O) groups excluding carboxylic acids is 2. The van der Waals surface area contributed by atoms with Gasteiger partial charge in [-0.15, -0.1) is 0 Å². The lowest BCUT2D eigenvalue weighted by Crippen LogP contribution is -2.48. The number of rotatable bonds is 6. The van der Waals surface area contributed by atoms with Gasteiger partial charge in [-0.3, -0.25) is 9.69 Å². The van der Waals surface area contributed by atoms with Crippen LogP contribution in [-0.4, -0.2) is 53.9 Å². The van der Waals surface area contributed by atoms with Crippen LogP contribution >= 0.6 is 0 Å². The van der Waals surface area contributed by atoms with Gasteiger partial charge in [-0.05, 0) is 43.3 Å². The Balaban J connectivity index is 1.68. The van der Waals surface area contributed by atoms with Crippen molar-refractivity contribution in [3.63, 3.8) is 0 Å². The molecule has 2 heterocycles. The molecule has 1 fully saturated rings. The molecule has 3 amide bonds. The Kier molecular flexibility index (Phi) is 6.43. The van der Waals surface area contributed by atoms with Gasteiger partial charge in [0.05, 0.1) is 25.1 Å². The van der Waals surface area contributed by atoms with Gasteiger partial charge in [0.15, 0.2) is 0 Å². The number of oxime groups is 1. The number of hydrogen-bond acceptors (Lipinski definition) is 5. The zero-order valence-corrected chi connectivity index (χ0v) is 21.0. The first-order valence-electron chi connectivity index (χ1n) is 12.1. The molecule has 0 aliphatic carbocycles. The lowest BCUT2D eigenvalue weighted by atomic mass is 10.1. The molecule has 1 saturated heterocycles. The molecule has 190 valence electrons. The second-order valence-electron chi connectivity index (χ2n) is 8.86. The SMILES string of the molecule is CCn1c2ccccc2c2cc(N(C(=O)[C@@H]3CC(=NOC)CN3C(N)=O)c3cccc(OC)c3)ccc21. The summed E-state index contributed by atoms with van der Waals surface area (Å²) < 4.78 is 7.69. The van der Waals surface area contributed by atoms with Gasteiger partial charge in [0, 0.05) is 46.5 Å². The number of aryl methyl sites for hydroxylation is 1. The zero-order valence-electron chi connectivity index (χ0n) is 21.0. The van der Waals surface area contributed by atoms with Crippen LogP contribution in [0.4, 0.5) is 16.2 Å². The summed E-state index contributed by atoms with van der Waals surface area (Å²) in [6, 6.07) is 20.0. The molecule has 0 unspecified atom stereocenters. The normalized spacial score (nSPS) is 16.5. The van der Waals surface area contributed by atoms with E-state index in [0.717, 1.165) is 28.4 Å². The first-order valence-corrected chi connectivity index (χ1v) is 12.1. The van der Waals surface area contributed by atoms with Crippen LogP contribution in [0.25, 0.3) is 21.8 Å². The molecule has 4 aromatic rings. The fraction of sp³-hybridized carbons (Fsp3) is 0.250. The monoisotopic (exact) mass is 499 g/mol. The van der Waals surface area contributed by atoms with E-state index in [2.05, 4.69) is 28.8 Å². The summed E-state index contributed by atoms with van der Waals surface area (Å²) in [4.78, 5) is 34.3. The van der Waals surface area contributed by atoms with Crippen LogP contribution in [0, 0.1) is 0 Å². The molecule has 0 spiro atoms. The number of para-hydroxylation sites is 1. The number of fused-ring (bicyclic) bond motifs is 3. The highest BCUT2D eigenvalue weighted by Gasteiger charge is 2.40. The van der Waals surface area contributed by atoms with E-state index in [9.17, 15) is 9.59 Å². The number of nitrogens with two attached hydrogens (primary N) is 1. The van der Waals surface area contributed by atoms with E-state index >= 15 is 0 Å². The third-order valence-corrected chi connectivity index (χ3v) is 6.81. The third kappa shape index (κ3) is 4.22. The lowest BCUT2D eigenvalue weighted by molar-refractivity contribution is -0.121. The fourth-order valence-corrected chi connectivity index (χ4v) is 5.18. The highest BCUT2D eigenvalue weighted by molar-refractivity contribution is 6.13. The third-order valence-electron chi connectivity index (χ3n) is 6.81. The maximum atomic E-state index is 14.2. The van der Waals surface area contributed by atoms with Crippen molar-refractivity contribution in [2.75, 3.05) is 25.7 Å². The highest BCUT2D eigenvalue weighted by Crippen LogP contribution is 2.36. The maximum Gasteiger partial charge on any atom is 0.315 e. The van der Waals surface area contributed by atoms with Crippen molar-refractivity contribution in [3.05, 3.63) is 66.7 Å². The summed E-state index contributed by atoms with van der Waals surface area (Å²) in [6.45, 7) is 3.07. The van der Waals surface area contributed by atoms with Gasteiger partial charge < -0.3 is 24.8 Å². The molecule has 0 saturated carbocycles. The molecular formula is C28H29N5O4. The van der Waals surface area contributed by atoms with Crippen LogP contribution in [-0.2, 0) is 16.2 Å². The first kappa shape index (κ1) is 24.2. The Bertz CT molecular complexity index is 1530. The topological polar surface area (TPSA) is 102 Å². The van der Waals surface area contributed by atoms with Crippen molar-refractivity contribution in [1.29, 1.82) is 0 Å². The number of urea groups is 1. The number of likely N-dealkylation sites (tertiary alicyclic amines) is 1. The Morgan fingerprint density at radius 2 is 1.76 bits per heavy atom. The number of nitrogens with zero attached hydrogens (tertiary/aromatic N) is 4. The Labute approximate surface area is 214 Å². The van der Waals surface area contributed by atoms with Crippen LogP contribution in [0.3, 0.4) is 0 Å². The van der Waals surface area contributed by atoms with Gasteiger partial charge in [0.2, 0.25) is 0 Å². The summed E-state index contributed by atoms with van der Waals surface area (Å²) in [7, 11) is 3.01. The molecule has 0 bridgehead atoms. The van der Waals surface area contributed by atoms with Crippen LogP contribution in [0.15, 0.2) is 71.9 Å². The van der Waals surface area contributed by atoms with Crippen molar-refractivity contribution in [1.82, 2.24) is 9.47 Å². The van der Waals surface area contributed by atoms with E-state index < -0.39 is 12.1 Å². The quantitative estimate of drug-likeness (QED) is 0.390. The first-order chi connectivity index (χ1) is 18.0. The number of carbonyl (C=O) groups is 2. The molecule has 37 heavy (non-hydrogen) atoms. The van der Waals surface area contributed by atoms with E-state index in [1.54, 1.807) is 18.1 Å². The van der Waals surface area contributed by atoms with Gasteiger partial charge in [-0.1, -0.05) is 29.4 Å². The Morgan fingerprint density at radius 3 is 2.49 bits per heavy atom. The number of ether oxygens (including phenoxy) is 1. The predicted octanol–water partition coefficient (Wildman–Crippen LogP) is 4.64. The zero-order chi connectivity index (χ0) is 26.1. The average molecular weight is 500 g/mol. The molecule has 9 heteroatoms. The summed E-state index contributed by atoms with van der Waals surface area (Å²) in [5.74, 6) is 0.311. The minimum absolute atomic E-state index is 0.133. The number of amides is 3. The summed E-state index contributed by atoms with van der Waals surface area (Å²) >= 11 is 0. The predicted molar refractivity (Wildman–Crippen MR) is 144 cm³/mol. The average Bonchev–Trinajstić information content (AvgIpc) is 3.48. The van der Waals surface area contributed by atoms with Crippen LogP contribution in [0.2, 0.25) is 0 Å². The fourth-order valence-electron chi connectivity index (χ4n) is 5.18. The van der Waals surface area contributed by atoms with E-state index in [1.807, 2.05) is 48.5 Å². The van der Waals surface area contributed by atoms with Crippen molar-refractivity contribution < 1.29 is 19.2 Å². The van der Waals surface area contributed by atoms with Crippen molar-refractivity contribution in [2.24, 2.45) is 10.9 Å². The van der Waals surface area contributed by atoms with Crippen molar-refractivity contribution in [3.8, 4) is 5.75 Å². The van der Waals surface area contributed by atoms with Gasteiger partial charge in [0.1, 0.15) is 18.9 Å². The smallest absolute Gasteiger partial charge is 0.315 e. The summed E-state index contributed by atoms with van der Waals surface area (Å²) in [5.41, 5.74) is 9.74. The van der Waals surface area contributed by atoms with Gasteiger partial charge in [-0.2, -0.15) is 0 Å². The largest absolute Gasteiger partial charge is 0.497 e. The van der Waals surface area contributed by atoms with Gasteiger partial charge in [-0.25, -0.2) is 4.79 Å². The Hall–Kier alpha value is -4.53. The maximum absolute atomic E-state index is 14.2. The molecular weight excluding hydrogens is 470 g/mol. The molecule has 1 aliphatic rings. The number of methoxy groups -OCH3 is 1. The molecule has 5 rings (SSSR count). The van der Waals surface area contributed by atoms with Crippen LogP contribution < -0.4 is 15.4 Å². The summed E-state index contributed by atoms with van der Waals surface area (Å²) in [5, 5.41) is 6.12. The minimum Gasteiger partial charge on any atom is -0.497 e. The van der Waals surface area contributed by atoms with E-state index in [-0.39, 0.29) is 18.9 Å². The van der Waals surface area contributed by atoms with Crippen LogP contribution in [0.5, 0.6) is 5.75 Å². The molecule has 1 aromatic heterocycles. The standard InChI is InChI=1S/C28H29N5O4/c1-4-31-24-11-6-5-10-22(24)23-16-20(12-13-25(23)31)33(19-8-7-9-21(15-19)36-2)27(34)26-14-18(30-37-3)17-32(26)28(29)35/h5-13,15-16,26H,4,14,17H2,1-3H3,(H2,29,35)/t26-/m0/s1. The molecule has 2 N–H and O–H groups in total. The van der Waals surface area contributed by atoms with E-state index in [4.69, 9.17) is 15.3 Å². The highest BCUT2D eigenvalue weighted by atomic mass is 16.6. The number of hydrogen-bond donors (Lipinski definition) is 1. The van der Waals surface area contributed by atoms with E-state index in [0.29, 0.717) is 22.8 Å². The van der Waals surface area contributed by atoms with Gasteiger partial charge in [0.25, 0.3) is 5.91 Å². The molecule has 9 nitrogen and oxygen atoms in total. The lowest BCUT2D eigenvalue weighted by Gasteiger charge is -2.29. The van der Waals surface area contributed by atoms with Gasteiger partial charge >= 0.3 is 6.03 Å². The molecule has 3 aromatic carbocycles. The summed E-state index contributed by atoms with van der Waals surface area (Å²) in [6.07, 6.45) is 0.230. The number of primary amides is 1. The van der Waals surface area contributed by atoms with Crippen molar-refractivity contribution in [2.45, 2.75) is 25.9 Å². The minimum atomic E-state index is -0.828. The molecule has 0 radical (unpaired) electrons. The van der Waals surface area contributed by atoms with E-state index in [1.165, 1.54) is 12.0 Å². The number of aromatic nitrogens is 1. The molecule has 1 atom stereocenters. The second-order valence-corrected chi connectivity index (χ2v) is 8.86. The Morgan fingerprint density at radius 1 is 1.00 bits per heavy atom.